The molecule has 27 heavy (non-hydrogen) atoms. The summed E-state index contributed by atoms with van der Waals surface area (Å²) in [5.74, 6) is 0.310. The van der Waals surface area contributed by atoms with Gasteiger partial charge in [0.2, 0.25) is 5.91 Å². The minimum Gasteiger partial charge on any atom is -0.353 e. The minimum absolute atomic E-state index is 0.0629. The summed E-state index contributed by atoms with van der Waals surface area (Å²) < 4.78 is 6.18. The SMILES string of the molecule is CC[C@H](C)NC(=O)[C@H]1COC2(CCC(C)CC2)N1C(=O)c1ccc(Cl)cc1. The smallest absolute Gasteiger partial charge is 0.256 e. The molecular formula is C21H29ClN2O3. The van der Waals surface area contributed by atoms with Gasteiger partial charge in [0.15, 0.2) is 0 Å². The van der Waals surface area contributed by atoms with Gasteiger partial charge in [0.05, 0.1) is 6.61 Å². The highest BCUT2D eigenvalue weighted by Gasteiger charge is 2.53. The zero-order chi connectivity index (χ0) is 19.6. The van der Waals surface area contributed by atoms with Crippen LogP contribution in [0, 0.1) is 5.92 Å². The van der Waals surface area contributed by atoms with Gasteiger partial charge in [0.25, 0.3) is 5.91 Å². The Hall–Kier alpha value is -1.59. The number of amides is 2. The predicted octanol–water partition coefficient (Wildman–Crippen LogP) is 4.00. The van der Waals surface area contributed by atoms with E-state index in [-0.39, 0.29) is 24.5 Å². The molecule has 1 aliphatic carbocycles. The second-order valence-electron chi connectivity index (χ2n) is 7.96. The van der Waals surface area contributed by atoms with Gasteiger partial charge in [-0.3, -0.25) is 14.5 Å². The Kier molecular flexibility index (Phi) is 6.11. The van der Waals surface area contributed by atoms with Crippen molar-refractivity contribution in [1.29, 1.82) is 0 Å². The summed E-state index contributed by atoms with van der Waals surface area (Å²) >= 11 is 5.97. The van der Waals surface area contributed by atoms with Crippen molar-refractivity contribution < 1.29 is 14.3 Å². The van der Waals surface area contributed by atoms with E-state index in [1.54, 1.807) is 29.2 Å². The fourth-order valence-electron chi connectivity index (χ4n) is 3.95. The number of carbonyl (C=O) groups is 2. The van der Waals surface area contributed by atoms with Crippen LogP contribution in [0.1, 0.15) is 63.2 Å². The highest BCUT2D eigenvalue weighted by molar-refractivity contribution is 6.30. The van der Waals surface area contributed by atoms with Gasteiger partial charge in [-0.2, -0.15) is 0 Å². The molecule has 1 aliphatic heterocycles. The molecule has 1 saturated carbocycles. The Bertz CT molecular complexity index is 683. The molecule has 0 aromatic heterocycles. The third-order valence-corrected chi connectivity index (χ3v) is 6.18. The van der Waals surface area contributed by atoms with Crippen LogP contribution in [-0.2, 0) is 9.53 Å². The van der Waals surface area contributed by atoms with Crippen molar-refractivity contribution in [3.63, 3.8) is 0 Å². The van der Waals surface area contributed by atoms with Crippen molar-refractivity contribution in [2.24, 2.45) is 5.92 Å². The first-order valence-electron chi connectivity index (χ1n) is 9.90. The van der Waals surface area contributed by atoms with Crippen molar-refractivity contribution in [2.45, 2.75) is 70.7 Å². The number of rotatable bonds is 4. The first-order chi connectivity index (χ1) is 12.9. The van der Waals surface area contributed by atoms with E-state index in [9.17, 15) is 9.59 Å². The van der Waals surface area contributed by atoms with Crippen LogP contribution in [0.3, 0.4) is 0 Å². The Morgan fingerprint density at radius 3 is 2.52 bits per heavy atom. The van der Waals surface area contributed by atoms with E-state index >= 15 is 0 Å². The lowest BCUT2D eigenvalue weighted by Gasteiger charge is -2.43. The molecule has 0 radical (unpaired) electrons. The summed E-state index contributed by atoms with van der Waals surface area (Å²) in [6.07, 6.45) is 4.35. The molecule has 1 heterocycles. The van der Waals surface area contributed by atoms with Crippen molar-refractivity contribution in [1.82, 2.24) is 10.2 Å². The zero-order valence-corrected chi connectivity index (χ0v) is 17.1. The van der Waals surface area contributed by atoms with Crippen LogP contribution >= 0.6 is 11.6 Å². The fraction of sp³-hybridized carbons (Fsp3) is 0.619. The van der Waals surface area contributed by atoms with Crippen LogP contribution in [0.2, 0.25) is 5.02 Å². The van der Waals surface area contributed by atoms with E-state index in [1.807, 2.05) is 13.8 Å². The van der Waals surface area contributed by atoms with Gasteiger partial charge >= 0.3 is 0 Å². The fourth-order valence-corrected chi connectivity index (χ4v) is 4.08. The molecule has 148 valence electrons. The highest BCUT2D eigenvalue weighted by atomic mass is 35.5. The first kappa shape index (κ1) is 20.2. The molecule has 1 N–H and O–H groups in total. The minimum atomic E-state index is -0.680. The van der Waals surface area contributed by atoms with Crippen LogP contribution in [0.25, 0.3) is 0 Å². The number of hydrogen-bond donors (Lipinski definition) is 1. The molecule has 1 saturated heterocycles. The van der Waals surface area contributed by atoms with Crippen molar-refractivity contribution >= 4 is 23.4 Å². The summed E-state index contributed by atoms with van der Waals surface area (Å²) in [6, 6.07) is 6.30. The number of ether oxygens (including phenoxy) is 1. The summed E-state index contributed by atoms with van der Waals surface area (Å²) in [5.41, 5.74) is -0.148. The largest absolute Gasteiger partial charge is 0.353 e. The number of halogens is 1. The summed E-state index contributed by atoms with van der Waals surface area (Å²) in [5, 5.41) is 3.59. The monoisotopic (exact) mass is 392 g/mol. The van der Waals surface area contributed by atoms with Crippen LogP contribution in [-0.4, -0.2) is 41.1 Å². The van der Waals surface area contributed by atoms with Crippen LogP contribution < -0.4 is 5.32 Å². The molecule has 1 aromatic rings. The molecule has 3 rings (SSSR count). The molecule has 0 bridgehead atoms. The molecule has 1 spiro atoms. The molecule has 6 heteroatoms. The molecule has 2 fully saturated rings. The Morgan fingerprint density at radius 1 is 1.30 bits per heavy atom. The van der Waals surface area contributed by atoms with E-state index in [1.165, 1.54) is 0 Å². The van der Waals surface area contributed by atoms with Gasteiger partial charge in [0.1, 0.15) is 11.8 Å². The van der Waals surface area contributed by atoms with Crippen molar-refractivity contribution in [3.05, 3.63) is 34.9 Å². The van der Waals surface area contributed by atoms with Gasteiger partial charge in [-0.15, -0.1) is 0 Å². The lowest BCUT2D eigenvalue weighted by atomic mass is 9.83. The topological polar surface area (TPSA) is 58.6 Å². The van der Waals surface area contributed by atoms with E-state index in [4.69, 9.17) is 16.3 Å². The maximum atomic E-state index is 13.4. The second kappa shape index (κ2) is 8.19. The molecule has 2 aliphatic rings. The third kappa shape index (κ3) is 4.14. The Balaban J connectivity index is 1.90. The predicted molar refractivity (Wildman–Crippen MR) is 106 cm³/mol. The standard InChI is InChI=1S/C21H29ClN2O3/c1-4-15(3)23-19(25)18-13-27-21(11-9-14(2)10-12-21)24(18)20(26)16-5-7-17(22)8-6-16/h5-8,14-15,18H,4,9-13H2,1-3H3,(H,23,25)/t14?,15-,18+,21?/m0/s1. The summed E-state index contributed by atoms with van der Waals surface area (Å²) in [6.45, 7) is 6.46. The van der Waals surface area contributed by atoms with Gasteiger partial charge in [0, 0.05) is 16.6 Å². The summed E-state index contributed by atoms with van der Waals surface area (Å²) in [4.78, 5) is 28.0. The van der Waals surface area contributed by atoms with Crippen LogP contribution in [0.4, 0.5) is 0 Å². The third-order valence-electron chi connectivity index (χ3n) is 5.93. The van der Waals surface area contributed by atoms with Gasteiger partial charge < -0.3 is 10.1 Å². The number of benzene rings is 1. The number of carbonyl (C=O) groups excluding carboxylic acids is 2. The van der Waals surface area contributed by atoms with Gasteiger partial charge in [-0.05, 0) is 69.2 Å². The Labute approximate surface area is 166 Å². The van der Waals surface area contributed by atoms with E-state index in [0.29, 0.717) is 16.5 Å². The number of nitrogens with one attached hydrogen (secondary N) is 1. The maximum absolute atomic E-state index is 13.4. The molecular weight excluding hydrogens is 364 g/mol. The van der Waals surface area contributed by atoms with Gasteiger partial charge in [-0.25, -0.2) is 0 Å². The van der Waals surface area contributed by atoms with Crippen molar-refractivity contribution in [3.8, 4) is 0 Å². The average Bonchev–Trinajstić information content (AvgIpc) is 3.03. The quantitative estimate of drug-likeness (QED) is 0.842. The average molecular weight is 393 g/mol. The van der Waals surface area contributed by atoms with E-state index in [2.05, 4.69) is 12.2 Å². The lowest BCUT2D eigenvalue weighted by Crippen LogP contribution is -2.57. The first-order valence-corrected chi connectivity index (χ1v) is 10.3. The highest BCUT2D eigenvalue weighted by Crippen LogP contribution is 2.43. The number of hydrogen-bond acceptors (Lipinski definition) is 3. The van der Waals surface area contributed by atoms with Gasteiger partial charge in [-0.1, -0.05) is 25.4 Å². The normalized spacial score (nSPS) is 29.0. The molecule has 1 aromatic carbocycles. The van der Waals surface area contributed by atoms with Crippen LogP contribution in [0.5, 0.6) is 0 Å². The maximum Gasteiger partial charge on any atom is 0.256 e. The molecule has 2 amide bonds. The Morgan fingerprint density at radius 2 is 1.93 bits per heavy atom. The lowest BCUT2D eigenvalue weighted by molar-refractivity contribution is -0.128. The second-order valence-corrected chi connectivity index (χ2v) is 8.39. The molecule has 0 unspecified atom stereocenters. The van der Waals surface area contributed by atoms with E-state index in [0.717, 1.165) is 32.1 Å². The van der Waals surface area contributed by atoms with Crippen molar-refractivity contribution in [2.75, 3.05) is 6.61 Å². The molecule has 2 atom stereocenters. The zero-order valence-electron chi connectivity index (χ0n) is 16.3. The van der Waals surface area contributed by atoms with Crippen LogP contribution in [0.15, 0.2) is 24.3 Å². The van der Waals surface area contributed by atoms with E-state index < -0.39 is 11.8 Å². The number of nitrogens with zero attached hydrogens (tertiary/aromatic N) is 1. The molecule has 5 nitrogen and oxygen atoms in total. The summed E-state index contributed by atoms with van der Waals surface area (Å²) in [7, 11) is 0.